The summed E-state index contributed by atoms with van der Waals surface area (Å²) >= 11 is 0. The quantitative estimate of drug-likeness (QED) is 0.465. The standard InChI is InChI=1S/C10H19N3O/c1-3-5-11-7-10(14)12-9-4-6-13(2)8-9/h3,9,11H,1,4-8H2,2H3,(H,12,14). The van der Waals surface area contributed by atoms with Crippen LogP contribution in [-0.4, -0.2) is 50.1 Å². The molecule has 0 aromatic rings. The Morgan fingerprint density at radius 1 is 1.71 bits per heavy atom. The fourth-order valence-electron chi connectivity index (χ4n) is 1.62. The predicted molar refractivity (Wildman–Crippen MR) is 57.1 cm³/mol. The zero-order valence-electron chi connectivity index (χ0n) is 8.75. The number of nitrogens with zero attached hydrogens (tertiary/aromatic N) is 1. The third kappa shape index (κ3) is 3.89. The number of likely N-dealkylation sites (N-methyl/N-ethyl adjacent to an activating group) is 1. The first-order valence-corrected chi connectivity index (χ1v) is 5.02. The zero-order chi connectivity index (χ0) is 10.4. The molecule has 0 aromatic carbocycles. The molecule has 1 aliphatic heterocycles. The van der Waals surface area contributed by atoms with E-state index in [4.69, 9.17) is 0 Å². The zero-order valence-corrected chi connectivity index (χ0v) is 8.75. The maximum absolute atomic E-state index is 11.4. The number of carbonyl (C=O) groups is 1. The Bertz CT molecular complexity index is 206. The number of hydrogen-bond acceptors (Lipinski definition) is 3. The summed E-state index contributed by atoms with van der Waals surface area (Å²) in [5, 5.41) is 5.97. The monoisotopic (exact) mass is 197 g/mol. The minimum atomic E-state index is 0.0761. The van der Waals surface area contributed by atoms with Crippen molar-refractivity contribution in [3.8, 4) is 0 Å². The normalized spacial score (nSPS) is 22.2. The second kappa shape index (κ2) is 5.78. The number of rotatable bonds is 5. The second-order valence-electron chi connectivity index (χ2n) is 3.73. The number of hydrogen-bond donors (Lipinski definition) is 2. The fourth-order valence-corrected chi connectivity index (χ4v) is 1.62. The Hall–Kier alpha value is -0.870. The minimum absolute atomic E-state index is 0.0761. The summed E-state index contributed by atoms with van der Waals surface area (Å²) in [5.41, 5.74) is 0. The average molecular weight is 197 g/mol. The first-order chi connectivity index (χ1) is 6.72. The van der Waals surface area contributed by atoms with Crippen LogP contribution in [-0.2, 0) is 4.79 Å². The Morgan fingerprint density at radius 2 is 2.50 bits per heavy atom. The lowest BCUT2D eigenvalue weighted by molar-refractivity contribution is -0.120. The van der Waals surface area contributed by atoms with E-state index in [0.717, 1.165) is 19.5 Å². The van der Waals surface area contributed by atoms with E-state index >= 15 is 0 Å². The lowest BCUT2D eigenvalue weighted by Crippen LogP contribution is -2.41. The van der Waals surface area contributed by atoms with Crippen LogP contribution >= 0.6 is 0 Å². The largest absolute Gasteiger partial charge is 0.351 e. The van der Waals surface area contributed by atoms with E-state index in [1.54, 1.807) is 6.08 Å². The van der Waals surface area contributed by atoms with E-state index in [2.05, 4.69) is 29.2 Å². The summed E-state index contributed by atoms with van der Waals surface area (Å²) in [5.74, 6) is 0.0761. The van der Waals surface area contributed by atoms with Crippen LogP contribution < -0.4 is 10.6 Å². The highest BCUT2D eigenvalue weighted by molar-refractivity contribution is 5.78. The van der Waals surface area contributed by atoms with Crippen LogP contribution in [0.25, 0.3) is 0 Å². The van der Waals surface area contributed by atoms with Crippen molar-refractivity contribution in [2.45, 2.75) is 12.5 Å². The van der Waals surface area contributed by atoms with E-state index in [-0.39, 0.29) is 5.91 Å². The topological polar surface area (TPSA) is 44.4 Å². The van der Waals surface area contributed by atoms with Crippen LogP contribution in [0.3, 0.4) is 0 Å². The van der Waals surface area contributed by atoms with Gasteiger partial charge in [-0.1, -0.05) is 6.08 Å². The van der Waals surface area contributed by atoms with Gasteiger partial charge in [0, 0.05) is 19.1 Å². The SMILES string of the molecule is C=CCNCC(=O)NC1CCN(C)C1. The molecule has 1 heterocycles. The van der Waals surface area contributed by atoms with Gasteiger partial charge in [-0.2, -0.15) is 0 Å². The Balaban J connectivity index is 2.11. The molecule has 0 saturated carbocycles. The highest BCUT2D eigenvalue weighted by atomic mass is 16.2. The van der Waals surface area contributed by atoms with Crippen molar-refractivity contribution in [2.24, 2.45) is 0 Å². The van der Waals surface area contributed by atoms with E-state index in [9.17, 15) is 4.79 Å². The molecule has 0 aromatic heterocycles. The molecule has 80 valence electrons. The Kier molecular flexibility index (Phi) is 4.62. The summed E-state index contributed by atoms with van der Waals surface area (Å²) in [7, 11) is 2.07. The van der Waals surface area contributed by atoms with Gasteiger partial charge in [-0.15, -0.1) is 6.58 Å². The Morgan fingerprint density at radius 3 is 3.07 bits per heavy atom. The average Bonchev–Trinajstić information content (AvgIpc) is 2.52. The van der Waals surface area contributed by atoms with Crippen molar-refractivity contribution < 1.29 is 4.79 Å². The van der Waals surface area contributed by atoms with Crippen molar-refractivity contribution in [1.82, 2.24) is 15.5 Å². The lowest BCUT2D eigenvalue weighted by Gasteiger charge is -2.12. The molecule has 0 spiro atoms. The molecule has 1 amide bonds. The van der Waals surface area contributed by atoms with Crippen molar-refractivity contribution in [3.05, 3.63) is 12.7 Å². The third-order valence-electron chi connectivity index (χ3n) is 2.33. The first kappa shape index (κ1) is 11.2. The summed E-state index contributed by atoms with van der Waals surface area (Å²) in [6.45, 7) is 6.67. The molecule has 1 saturated heterocycles. The third-order valence-corrected chi connectivity index (χ3v) is 2.33. The molecule has 14 heavy (non-hydrogen) atoms. The molecule has 1 rings (SSSR count). The van der Waals surface area contributed by atoms with Crippen molar-refractivity contribution >= 4 is 5.91 Å². The molecule has 0 aliphatic carbocycles. The van der Waals surface area contributed by atoms with E-state index in [1.807, 2.05) is 0 Å². The highest BCUT2D eigenvalue weighted by Gasteiger charge is 2.20. The van der Waals surface area contributed by atoms with Gasteiger partial charge < -0.3 is 15.5 Å². The van der Waals surface area contributed by atoms with Gasteiger partial charge in [0.25, 0.3) is 0 Å². The molecule has 1 fully saturated rings. The van der Waals surface area contributed by atoms with Gasteiger partial charge in [-0.3, -0.25) is 4.79 Å². The van der Waals surface area contributed by atoms with Gasteiger partial charge in [-0.25, -0.2) is 0 Å². The maximum Gasteiger partial charge on any atom is 0.234 e. The molecule has 2 N–H and O–H groups in total. The van der Waals surface area contributed by atoms with Crippen molar-refractivity contribution in [3.63, 3.8) is 0 Å². The van der Waals surface area contributed by atoms with Gasteiger partial charge in [0.05, 0.1) is 6.54 Å². The molecule has 1 unspecified atom stereocenters. The van der Waals surface area contributed by atoms with E-state index in [1.165, 1.54) is 0 Å². The highest BCUT2D eigenvalue weighted by Crippen LogP contribution is 2.05. The van der Waals surface area contributed by atoms with Gasteiger partial charge in [0.2, 0.25) is 5.91 Å². The number of carbonyl (C=O) groups excluding carboxylic acids is 1. The summed E-state index contributed by atoms with van der Waals surface area (Å²) in [6, 6.07) is 0.332. The summed E-state index contributed by atoms with van der Waals surface area (Å²) in [4.78, 5) is 13.6. The van der Waals surface area contributed by atoms with Gasteiger partial charge in [-0.05, 0) is 20.0 Å². The van der Waals surface area contributed by atoms with Gasteiger partial charge >= 0.3 is 0 Å². The fraction of sp³-hybridized carbons (Fsp3) is 0.700. The minimum Gasteiger partial charge on any atom is -0.351 e. The molecule has 4 nitrogen and oxygen atoms in total. The van der Waals surface area contributed by atoms with Crippen LogP contribution in [0.4, 0.5) is 0 Å². The number of likely N-dealkylation sites (tertiary alicyclic amines) is 1. The Labute approximate surface area is 85.3 Å². The summed E-state index contributed by atoms with van der Waals surface area (Å²) in [6.07, 6.45) is 2.81. The molecular formula is C10H19N3O. The number of amides is 1. The van der Waals surface area contributed by atoms with Crippen LogP contribution in [0.2, 0.25) is 0 Å². The van der Waals surface area contributed by atoms with Gasteiger partial charge in [0.1, 0.15) is 0 Å². The molecule has 0 bridgehead atoms. The lowest BCUT2D eigenvalue weighted by atomic mass is 10.2. The van der Waals surface area contributed by atoms with Crippen LogP contribution in [0, 0.1) is 0 Å². The van der Waals surface area contributed by atoms with Crippen LogP contribution in [0.15, 0.2) is 12.7 Å². The molecule has 1 aliphatic rings. The van der Waals surface area contributed by atoms with Crippen molar-refractivity contribution in [1.29, 1.82) is 0 Å². The number of nitrogens with one attached hydrogen (secondary N) is 2. The van der Waals surface area contributed by atoms with Gasteiger partial charge in [0.15, 0.2) is 0 Å². The van der Waals surface area contributed by atoms with Crippen LogP contribution in [0.5, 0.6) is 0 Å². The van der Waals surface area contributed by atoms with E-state index < -0.39 is 0 Å². The maximum atomic E-state index is 11.4. The smallest absolute Gasteiger partial charge is 0.234 e. The van der Waals surface area contributed by atoms with E-state index in [0.29, 0.717) is 19.1 Å². The molecule has 4 heteroatoms. The molecular weight excluding hydrogens is 178 g/mol. The van der Waals surface area contributed by atoms with Crippen molar-refractivity contribution in [2.75, 3.05) is 33.2 Å². The van der Waals surface area contributed by atoms with Crippen LogP contribution in [0.1, 0.15) is 6.42 Å². The molecule has 1 atom stereocenters. The predicted octanol–water partition coefficient (Wildman–Crippen LogP) is -0.418. The second-order valence-corrected chi connectivity index (χ2v) is 3.73. The first-order valence-electron chi connectivity index (χ1n) is 5.02. The summed E-state index contributed by atoms with van der Waals surface area (Å²) < 4.78 is 0. The molecule has 0 radical (unpaired) electrons.